The first-order valence-corrected chi connectivity index (χ1v) is 9.70. The number of aryl methyl sites for hydroxylation is 1. The number of rotatable bonds is 5. The number of nitrogens with zero attached hydrogens (tertiary/aromatic N) is 3. The summed E-state index contributed by atoms with van der Waals surface area (Å²) in [7, 11) is 0. The molecule has 7 heteroatoms. The van der Waals surface area contributed by atoms with Crippen LogP contribution >= 0.6 is 0 Å². The molecule has 1 saturated heterocycles. The summed E-state index contributed by atoms with van der Waals surface area (Å²) in [6, 6.07) is 12.3. The van der Waals surface area contributed by atoms with E-state index in [2.05, 4.69) is 15.3 Å². The first-order valence-electron chi connectivity index (χ1n) is 9.70. The molecule has 2 heterocycles. The molecule has 3 aromatic rings. The van der Waals surface area contributed by atoms with Crippen LogP contribution in [0.25, 0.3) is 11.1 Å². The maximum absolute atomic E-state index is 14.2. The average Bonchev–Trinajstić information content (AvgIpc) is 3.21. The number of ether oxygens (including phenoxy) is 1. The Morgan fingerprint density at radius 2 is 1.90 bits per heavy atom. The van der Waals surface area contributed by atoms with Gasteiger partial charge in [-0.2, -0.15) is 5.10 Å². The van der Waals surface area contributed by atoms with E-state index >= 15 is 0 Å². The minimum absolute atomic E-state index is 0.265. The quantitative estimate of drug-likeness (QED) is 0.715. The number of benzene rings is 2. The van der Waals surface area contributed by atoms with Crippen molar-refractivity contribution >= 4 is 17.3 Å². The lowest BCUT2D eigenvalue weighted by Crippen LogP contribution is -2.36. The third-order valence-corrected chi connectivity index (χ3v) is 4.95. The molecule has 1 fully saturated rings. The van der Waals surface area contributed by atoms with E-state index in [-0.39, 0.29) is 11.5 Å². The maximum atomic E-state index is 14.2. The molecule has 0 radical (unpaired) electrons. The number of aromatic nitrogens is 2. The summed E-state index contributed by atoms with van der Waals surface area (Å²) in [6.07, 6.45) is 3.31. The molecule has 1 aromatic heterocycles. The zero-order valence-corrected chi connectivity index (χ0v) is 16.3. The van der Waals surface area contributed by atoms with E-state index in [1.807, 2.05) is 31.2 Å². The first kappa shape index (κ1) is 19.1. The number of hydrogen-bond donors (Lipinski definition) is 1. The van der Waals surface area contributed by atoms with Crippen LogP contribution in [0.4, 0.5) is 15.8 Å². The molecule has 0 bridgehead atoms. The highest BCUT2D eigenvalue weighted by molar-refractivity contribution is 6.04. The average molecular weight is 394 g/mol. The molecule has 0 unspecified atom stereocenters. The van der Waals surface area contributed by atoms with Gasteiger partial charge in [0.25, 0.3) is 5.91 Å². The third kappa shape index (κ3) is 4.46. The number of carbonyl (C=O) groups is 1. The van der Waals surface area contributed by atoms with Crippen molar-refractivity contribution in [1.29, 1.82) is 0 Å². The molecule has 0 atom stereocenters. The summed E-state index contributed by atoms with van der Waals surface area (Å²) < 4.78 is 21.3. The topological polar surface area (TPSA) is 59.4 Å². The van der Waals surface area contributed by atoms with Crippen molar-refractivity contribution in [2.75, 3.05) is 36.5 Å². The van der Waals surface area contributed by atoms with E-state index in [1.54, 1.807) is 23.1 Å². The van der Waals surface area contributed by atoms with Crippen LogP contribution in [-0.4, -0.2) is 42.0 Å². The van der Waals surface area contributed by atoms with E-state index in [0.29, 0.717) is 17.8 Å². The van der Waals surface area contributed by atoms with Gasteiger partial charge in [-0.05, 0) is 48.4 Å². The second-order valence-electron chi connectivity index (χ2n) is 6.91. The predicted molar refractivity (Wildman–Crippen MR) is 111 cm³/mol. The number of hydrogen-bond acceptors (Lipinski definition) is 4. The molecule has 0 aliphatic carbocycles. The molecule has 6 nitrogen and oxygen atoms in total. The van der Waals surface area contributed by atoms with Crippen LogP contribution in [0.2, 0.25) is 0 Å². The number of morpholine rings is 1. The number of amides is 1. The lowest BCUT2D eigenvalue weighted by molar-refractivity contribution is 0.102. The van der Waals surface area contributed by atoms with Crippen molar-refractivity contribution < 1.29 is 13.9 Å². The molecule has 1 aliphatic rings. The zero-order chi connectivity index (χ0) is 20.2. The third-order valence-electron chi connectivity index (χ3n) is 4.95. The summed E-state index contributed by atoms with van der Waals surface area (Å²) >= 11 is 0. The minimum atomic E-state index is -0.450. The van der Waals surface area contributed by atoms with Gasteiger partial charge in [0, 0.05) is 37.1 Å². The molecule has 0 saturated carbocycles. The van der Waals surface area contributed by atoms with Gasteiger partial charge in [0.1, 0.15) is 5.82 Å². The summed E-state index contributed by atoms with van der Waals surface area (Å²) in [6.45, 7) is 5.83. The van der Waals surface area contributed by atoms with Gasteiger partial charge in [-0.1, -0.05) is 12.1 Å². The number of anilines is 2. The Kier molecular flexibility index (Phi) is 5.57. The van der Waals surface area contributed by atoms with Crippen LogP contribution in [0.5, 0.6) is 0 Å². The molecular formula is C22H23FN4O2. The molecule has 0 spiro atoms. The lowest BCUT2D eigenvalue weighted by Gasteiger charge is -2.28. The van der Waals surface area contributed by atoms with Gasteiger partial charge in [0.05, 0.1) is 25.1 Å². The highest BCUT2D eigenvalue weighted by Crippen LogP contribution is 2.26. The number of carbonyl (C=O) groups excluding carboxylic acids is 1. The predicted octanol–water partition coefficient (Wildman–Crippen LogP) is 3.80. The zero-order valence-electron chi connectivity index (χ0n) is 16.3. The van der Waals surface area contributed by atoms with E-state index in [0.717, 1.165) is 37.6 Å². The Labute approximate surface area is 168 Å². The molecular weight excluding hydrogens is 371 g/mol. The Bertz CT molecular complexity index is 994. The minimum Gasteiger partial charge on any atom is -0.378 e. The summed E-state index contributed by atoms with van der Waals surface area (Å²) in [4.78, 5) is 14.8. The smallest absolute Gasteiger partial charge is 0.255 e. The van der Waals surface area contributed by atoms with E-state index < -0.39 is 5.82 Å². The van der Waals surface area contributed by atoms with Gasteiger partial charge < -0.3 is 15.0 Å². The lowest BCUT2D eigenvalue weighted by atomic mass is 10.0. The number of nitrogens with one attached hydrogen (secondary N) is 1. The van der Waals surface area contributed by atoms with Crippen molar-refractivity contribution in [2.24, 2.45) is 0 Å². The van der Waals surface area contributed by atoms with E-state index in [1.165, 1.54) is 12.1 Å². The van der Waals surface area contributed by atoms with Crippen LogP contribution in [0.3, 0.4) is 0 Å². The van der Waals surface area contributed by atoms with E-state index in [4.69, 9.17) is 4.74 Å². The van der Waals surface area contributed by atoms with Gasteiger partial charge in [-0.25, -0.2) is 4.39 Å². The highest BCUT2D eigenvalue weighted by Gasteiger charge is 2.13. The van der Waals surface area contributed by atoms with Crippen LogP contribution in [0, 0.1) is 5.82 Å². The molecule has 29 heavy (non-hydrogen) atoms. The van der Waals surface area contributed by atoms with Gasteiger partial charge >= 0.3 is 0 Å². The van der Waals surface area contributed by atoms with Gasteiger partial charge in [-0.15, -0.1) is 0 Å². The van der Waals surface area contributed by atoms with Crippen LogP contribution in [0.1, 0.15) is 17.3 Å². The Hall–Kier alpha value is -3.19. The second kappa shape index (κ2) is 8.45. The second-order valence-corrected chi connectivity index (χ2v) is 6.91. The van der Waals surface area contributed by atoms with Crippen molar-refractivity contribution in [3.05, 3.63) is 66.2 Å². The van der Waals surface area contributed by atoms with Crippen molar-refractivity contribution in [3.8, 4) is 11.1 Å². The molecule has 1 aliphatic heterocycles. The standard InChI is InChI=1S/C22H23FN4O2/c1-2-27-15-20(14-24-27)25-22(28)18-11-17(12-19(23)13-18)16-3-5-21(6-4-16)26-7-9-29-10-8-26/h3-6,11-15H,2,7-10H2,1H3,(H,25,28). The maximum Gasteiger partial charge on any atom is 0.255 e. The fourth-order valence-corrected chi connectivity index (χ4v) is 3.38. The van der Waals surface area contributed by atoms with Crippen LogP contribution in [-0.2, 0) is 11.3 Å². The largest absolute Gasteiger partial charge is 0.378 e. The Morgan fingerprint density at radius 1 is 1.14 bits per heavy atom. The van der Waals surface area contributed by atoms with Crippen LogP contribution < -0.4 is 10.2 Å². The van der Waals surface area contributed by atoms with Crippen molar-refractivity contribution in [2.45, 2.75) is 13.5 Å². The fourth-order valence-electron chi connectivity index (χ4n) is 3.38. The molecule has 1 N–H and O–H groups in total. The normalized spacial score (nSPS) is 14.1. The summed E-state index contributed by atoms with van der Waals surface area (Å²) in [5.41, 5.74) is 3.47. The van der Waals surface area contributed by atoms with Gasteiger partial charge in [0.15, 0.2) is 0 Å². The van der Waals surface area contributed by atoms with Crippen molar-refractivity contribution in [3.63, 3.8) is 0 Å². The molecule has 4 rings (SSSR count). The SMILES string of the molecule is CCn1cc(NC(=O)c2cc(F)cc(-c3ccc(N4CCOCC4)cc3)c2)cn1. The highest BCUT2D eigenvalue weighted by atomic mass is 19.1. The van der Waals surface area contributed by atoms with Crippen LogP contribution in [0.15, 0.2) is 54.9 Å². The van der Waals surface area contributed by atoms with E-state index in [9.17, 15) is 9.18 Å². The number of halogens is 1. The summed E-state index contributed by atoms with van der Waals surface area (Å²) in [5.74, 6) is -0.819. The molecule has 2 aromatic carbocycles. The van der Waals surface area contributed by atoms with Gasteiger partial charge in [-0.3, -0.25) is 9.48 Å². The van der Waals surface area contributed by atoms with Gasteiger partial charge in [0.2, 0.25) is 0 Å². The molecule has 150 valence electrons. The molecule has 1 amide bonds. The monoisotopic (exact) mass is 394 g/mol. The van der Waals surface area contributed by atoms with Crippen molar-refractivity contribution in [1.82, 2.24) is 9.78 Å². The summed E-state index contributed by atoms with van der Waals surface area (Å²) in [5, 5.41) is 6.89. The Morgan fingerprint density at radius 3 is 2.59 bits per heavy atom. The first-order chi connectivity index (χ1) is 14.1. The Balaban J connectivity index is 1.53. The fraction of sp³-hybridized carbons (Fsp3) is 0.273.